The van der Waals surface area contributed by atoms with Crippen molar-refractivity contribution in [1.29, 1.82) is 0 Å². The Balaban J connectivity index is 2.51. The minimum Gasteiger partial charge on any atom is -0.393 e. The average molecular weight is 250 g/mol. The van der Waals surface area contributed by atoms with Gasteiger partial charge in [0.15, 0.2) is 17.0 Å². The zero-order valence-corrected chi connectivity index (χ0v) is 10.8. The van der Waals surface area contributed by atoms with Gasteiger partial charge < -0.3 is 10.0 Å². The molecule has 0 aliphatic rings. The molecule has 0 saturated carbocycles. The third kappa shape index (κ3) is 2.14. The first kappa shape index (κ1) is 12.7. The highest BCUT2D eigenvalue weighted by molar-refractivity contribution is 5.83. The Hall–Kier alpha value is -1.73. The van der Waals surface area contributed by atoms with Crippen LogP contribution in [0.25, 0.3) is 11.2 Å². The largest absolute Gasteiger partial charge is 0.393 e. The van der Waals surface area contributed by atoms with E-state index in [1.165, 1.54) is 6.33 Å². The highest BCUT2D eigenvalue weighted by Crippen LogP contribution is 2.21. The van der Waals surface area contributed by atoms with Gasteiger partial charge in [0, 0.05) is 14.1 Å². The van der Waals surface area contributed by atoms with Crippen LogP contribution >= 0.6 is 0 Å². The lowest BCUT2D eigenvalue weighted by Crippen LogP contribution is -2.29. The van der Waals surface area contributed by atoms with Gasteiger partial charge in [0.1, 0.15) is 12.5 Å². The molecule has 98 valence electrons. The van der Waals surface area contributed by atoms with E-state index in [0.29, 0.717) is 5.65 Å². The first-order valence-corrected chi connectivity index (χ1v) is 5.88. The number of nitrogens with one attached hydrogen (secondary N) is 1. The zero-order valence-electron chi connectivity index (χ0n) is 10.8. The maximum Gasteiger partial charge on any atom is 0.166 e. The number of aliphatic hydroxyl groups is 1. The first-order chi connectivity index (χ1) is 8.69. The van der Waals surface area contributed by atoms with Crippen molar-refractivity contribution in [1.82, 2.24) is 24.8 Å². The lowest BCUT2D eigenvalue weighted by atomic mass is 10.4. The zero-order chi connectivity index (χ0) is 13.1. The molecular weight excluding hydrogens is 232 g/mol. The van der Waals surface area contributed by atoms with Crippen LogP contribution < -0.4 is 10.2 Å². The van der Waals surface area contributed by atoms with Gasteiger partial charge in [0.25, 0.3) is 0 Å². The highest BCUT2D eigenvalue weighted by atomic mass is 16.3. The number of hydrogen-bond acceptors (Lipinski definition) is 6. The van der Waals surface area contributed by atoms with Crippen molar-refractivity contribution in [3.8, 4) is 0 Å². The third-order valence-electron chi connectivity index (χ3n) is 2.71. The van der Waals surface area contributed by atoms with Crippen LogP contribution in [-0.2, 0) is 0 Å². The number of likely N-dealkylation sites (N-methyl/N-ethyl adjacent to an activating group) is 1. The van der Waals surface area contributed by atoms with Crippen molar-refractivity contribution >= 4 is 17.0 Å². The number of nitrogens with zero attached hydrogens (tertiary/aromatic N) is 5. The Labute approximate surface area is 105 Å². The lowest BCUT2D eigenvalue weighted by molar-refractivity contribution is 0.206. The molecule has 1 unspecified atom stereocenters. The van der Waals surface area contributed by atoms with Gasteiger partial charge >= 0.3 is 0 Å². The maximum atomic E-state index is 9.40. The molecule has 2 rings (SSSR count). The predicted octanol–water partition coefficient (Wildman–Crippen LogP) is -0.00730. The smallest absolute Gasteiger partial charge is 0.166 e. The molecule has 0 bridgehead atoms. The maximum absolute atomic E-state index is 9.40. The monoisotopic (exact) mass is 250 g/mol. The van der Waals surface area contributed by atoms with Crippen LogP contribution in [-0.4, -0.2) is 51.9 Å². The summed E-state index contributed by atoms with van der Waals surface area (Å²) in [6, 6.07) is 0. The van der Waals surface area contributed by atoms with Gasteiger partial charge in [0.2, 0.25) is 0 Å². The molecule has 0 saturated heterocycles. The molecule has 0 aliphatic carbocycles. The molecule has 2 aromatic rings. The summed E-state index contributed by atoms with van der Waals surface area (Å²) in [6.45, 7) is 2.74. The van der Waals surface area contributed by atoms with Crippen LogP contribution in [0.1, 0.15) is 13.1 Å². The van der Waals surface area contributed by atoms with E-state index in [9.17, 15) is 5.11 Å². The first-order valence-electron chi connectivity index (χ1n) is 5.88. The molecule has 0 aliphatic heterocycles. The molecule has 2 aromatic heterocycles. The lowest BCUT2D eigenvalue weighted by Gasteiger charge is -2.17. The van der Waals surface area contributed by atoms with E-state index in [0.717, 1.165) is 17.9 Å². The Morgan fingerprint density at radius 2 is 2.17 bits per heavy atom. The summed E-state index contributed by atoms with van der Waals surface area (Å²) in [5.41, 5.74) is 1.45. The highest BCUT2D eigenvalue weighted by Gasteiger charge is 2.16. The van der Waals surface area contributed by atoms with E-state index in [4.69, 9.17) is 0 Å². The van der Waals surface area contributed by atoms with Crippen molar-refractivity contribution in [2.24, 2.45) is 0 Å². The van der Waals surface area contributed by atoms with Crippen molar-refractivity contribution in [2.45, 2.75) is 13.1 Å². The summed E-state index contributed by atoms with van der Waals surface area (Å²) in [4.78, 5) is 14.7. The number of rotatable bonds is 5. The van der Waals surface area contributed by atoms with E-state index in [1.54, 1.807) is 6.33 Å². The quantitative estimate of drug-likeness (QED) is 0.777. The summed E-state index contributed by atoms with van der Waals surface area (Å²) in [5, 5.41) is 12.6. The molecule has 0 radical (unpaired) electrons. The predicted molar refractivity (Wildman–Crippen MR) is 69.4 cm³/mol. The Morgan fingerprint density at radius 3 is 2.78 bits per heavy atom. The molecule has 0 aromatic carbocycles. The van der Waals surface area contributed by atoms with Gasteiger partial charge in [-0.15, -0.1) is 0 Å². The molecule has 2 heterocycles. The minimum atomic E-state index is -0.218. The van der Waals surface area contributed by atoms with E-state index in [-0.39, 0.29) is 12.8 Å². The summed E-state index contributed by atoms with van der Waals surface area (Å²) < 4.78 is 1.83. The molecule has 1 atom stereocenters. The van der Waals surface area contributed by atoms with Gasteiger partial charge in [-0.3, -0.25) is 9.88 Å². The molecule has 7 nitrogen and oxygen atoms in total. The fourth-order valence-corrected chi connectivity index (χ4v) is 1.88. The van der Waals surface area contributed by atoms with Crippen LogP contribution in [0.15, 0.2) is 12.7 Å². The van der Waals surface area contributed by atoms with E-state index < -0.39 is 0 Å². The molecule has 2 N–H and O–H groups in total. The molecule has 0 spiro atoms. The van der Waals surface area contributed by atoms with Crippen LogP contribution in [0.2, 0.25) is 0 Å². The minimum absolute atomic E-state index is 0.0133. The van der Waals surface area contributed by atoms with Gasteiger partial charge in [0.05, 0.1) is 12.9 Å². The molecule has 0 fully saturated rings. The van der Waals surface area contributed by atoms with Crippen molar-refractivity contribution in [3.63, 3.8) is 0 Å². The van der Waals surface area contributed by atoms with Crippen LogP contribution in [0.3, 0.4) is 0 Å². The number of hydrogen-bond donors (Lipinski definition) is 2. The van der Waals surface area contributed by atoms with Crippen molar-refractivity contribution < 1.29 is 5.11 Å². The third-order valence-corrected chi connectivity index (χ3v) is 2.71. The second-order valence-electron chi connectivity index (χ2n) is 4.17. The van der Waals surface area contributed by atoms with Crippen LogP contribution in [0.5, 0.6) is 0 Å². The Bertz CT molecular complexity index is 523. The summed E-state index contributed by atoms with van der Waals surface area (Å²) in [5.74, 6) is 0.770. The molecule has 7 heteroatoms. The average Bonchev–Trinajstić information content (AvgIpc) is 2.79. The van der Waals surface area contributed by atoms with Crippen LogP contribution in [0.4, 0.5) is 5.82 Å². The Kier molecular flexibility index (Phi) is 3.73. The molecule has 0 amide bonds. The standard InChI is InChI=1S/C11H18N6O/c1-4-12-8(5-18)17-7-15-9-10(16(2)3)13-6-14-11(9)17/h6-8,12,18H,4-5H2,1-3H3. The topological polar surface area (TPSA) is 79.1 Å². The van der Waals surface area contributed by atoms with Gasteiger partial charge in [-0.2, -0.15) is 0 Å². The van der Waals surface area contributed by atoms with Crippen molar-refractivity contribution in [2.75, 3.05) is 32.1 Å². The summed E-state index contributed by atoms with van der Waals surface area (Å²) in [7, 11) is 3.82. The summed E-state index contributed by atoms with van der Waals surface area (Å²) >= 11 is 0. The van der Waals surface area contributed by atoms with Gasteiger partial charge in [-0.1, -0.05) is 6.92 Å². The number of fused-ring (bicyclic) bond motifs is 1. The number of imidazole rings is 1. The SMILES string of the molecule is CCNC(CO)n1cnc2c(N(C)C)ncnc21. The van der Waals surface area contributed by atoms with E-state index in [1.807, 2.05) is 30.5 Å². The van der Waals surface area contributed by atoms with E-state index in [2.05, 4.69) is 20.3 Å². The fourth-order valence-electron chi connectivity index (χ4n) is 1.88. The summed E-state index contributed by atoms with van der Waals surface area (Å²) in [6.07, 6.45) is 2.97. The van der Waals surface area contributed by atoms with Gasteiger partial charge in [-0.05, 0) is 6.54 Å². The molecule has 18 heavy (non-hydrogen) atoms. The van der Waals surface area contributed by atoms with E-state index >= 15 is 0 Å². The second-order valence-corrected chi connectivity index (χ2v) is 4.17. The molecular formula is C11H18N6O. The fraction of sp³-hybridized carbons (Fsp3) is 0.545. The van der Waals surface area contributed by atoms with Crippen LogP contribution in [0, 0.1) is 0 Å². The van der Waals surface area contributed by atoms with Gasteiger partial charge in [-0.25, -0.2) is 15.0 Å². The van der Waals surface area contributed by atoms with Crippen molar-refractivity contribution in [3.05, 3.63) is 12.7 Å². The normalized spacial score (nSPS) is 12.9. The number of aliphatic hydroxyl groups excluding tert-OH is 1. The number of anilines is 1. The Morgan fingerprint density at radius 1 is 1.39 bits per heavy atom. The second kappa shape index (κ2) is 5.28. The number of aromatic nitrogens is 4.